The Labute approximate surface area is 133 Å². The SMILES string of the molecule is CCOC(=O)C1=CC(/C=C/c2ccccc2)C(C)(C)C=CC1. The van der Waals surface area contributed by atoms with Crippen molar-refractivity contribution in [1.82, 2.24) is 0 Å². The van der Waals surface area contributed by atoms with Crippen molar-refractivity contribution in [1.29, 1.82) is 0 Å². The molecule has 116 valence electrons. The smallest absolute Gasteiger partial charge is 0.334 e. The van der Waals surface area contributed by atoms with Crippen LogP contribution in [0.15, 0.2) is 60.2 Å². The fourth-order valence-corrected chi connectivity index (χ4v) is 2.56. The molecule has 2 nitrogen and oxygen atoms in total. The molecule has 0 spiro atoms. The highest BCUT2D eigenvalue weighted by atomic mass is 16.5. The molecule has 1 aliphatic carbocycles. The molecule has 1 aromatic carbocycles. The molecular weight excluding hydrogens is 272 g/mol. The normalized spacial score (nSPS) is 20.5. The standard InChI is InChI=1S/C20H24O2/c1-4-22-19(21)17-11-8-14-20(2,3)18(15-17)13-12-16-9-6-5-7-10-16/h5-10,12-15,18H,4,11H2,1-3H3/b13-12+. The number of esters is 1. The van der Waals surface area contributed by atoms with Gasteiger partial charge in [0, 0.05) is 11.5 Å². The molecule has 1 aromatic rings. The van der Waals surface area contributed by atoms with Crippen molar-refractivity contribution in [2.75, 3.05) is 6.61 Å². The molecule has 1 unspecified atom stereocenters. The number of hydrogen-bond acceptors (Lipinski definition) is 2. The van der Waals surface area contributed by atoms with Crippen molar-refractivity contribution >= 4 is 12.0 Å². The number of benzene rings is 1. The summed E-state index contributed by atoms with van der Waals surface area (Å²) in [6, 6.07) is 10.2. The summed E-state index contributed by atoms with van der Waals surface area (Å²) >= 11 is 0. The van der Waals surface area contributed by atoms with Gasteiger partial charge in [0.2, 0.25) is 0 Å². The Morgan fingerprint density at radius 3 is 2.73 bits per heavy atom. The Kier molecular flexibility index (Phi) is 5.37. The summed E-state index contributed by atoms with van der Waals surface area (Å²) in [5, 5.41) is 0. The van der Waals surface area contributed by atoms with Crippen LogP contribution in [0.4, 0.5) is 0 Å². The van der Waals surface area contributed by atoms with E-state index < -0.39 is 0 Å². The third-order valence-electron chi connectivity index (χ3n) is 3.96. The van der Waals surface area contributed by atoms with Crippen LogP contribution in [0.25, 0.3) is 6.08 Å². The number of hydrogen-bond donors (Lipinski definition) is 0. The van der Waals surface area contributed by atoms with Crippen LogP contribution in [0.3, 0.4) is 0 Å². The maximum atomic E-state index is 12.0. The lowest BCUT2D eigenvalue weighted by Gasteiger charge is -2.26. The second-order valence-electron chi connectivity index (χ2n) is 6.14. The van der Waals surface area contributed by atoms with Gasteiger partial charge in [0.05, 0.1) is 6.61 Å². The monoisotopic (exact) mass is 296 g/mol. The van der Waals surface area contributed by atoms with Crippen LogP contribution in [0.2, 0.25) is 0 Å². The van der Waals surface area contributed by atoms with E-state index in [-0.39, 0.29) is 17.3 Å². The van der Waals surface area contributed by atoms with E-state index in [0.29, 0.717) is 13.0 Å². The Balaban J connectivity index is 2.27. The van der Waals surface area contributed by atoms with Gasteiger partial charge in [-0.15, -0.1) is 0 Å². The van der Waals surface area contributed by atoms with E-state index in [1.165, 1.54) is 0 Å². The van der Waals surface area contributed by atoms with Gasteiger partial charge < -0.3 is 4.74 Å². The van der Waals surface area contributed by atoms with Gasteiger partial charge in [-0.1, -0.05) is 74.6 Å². The molecule has 0 radical (unpaired) electrons. The molecule has 0 fully saturated rings. The lowest BCUT2D eigenvalue weighted by molar-refractivity contribution is -0.138. The molecule has 0 bridgehead atoms. The number of rotatable bonds is 4. The molecule has 0 aromatic heterocycles. The van der Waals surface area contributed by atoms with Crippen molar-refractivity contribution in [3.8, 4) is 0 Å². The maximum Gasteiger partial charge on any atom is 0.334 e. The first kappa shape index (κ1) is 16.3. The third-order valence-corrected chi connectivity index (χ3v) is 3.96. The van der Waals surface area contributed by atoms with E-state index >= 15 is 0 Å². The average molecular weight is 296 g/mol. The number of carbonyl (C=O) groups is 1. The maximum absolute atomic E-state index is 12.0. The highest BCUT2D eigenvalue weighted by Crippen LogP contribution is 2.35. The lowest BCUT2D eigenvalue weighted by atomic mass is 9.78. The summed E-state index contributed by atoms with van der Waals surface area (Å²) in [5.74, 6) is -0.0474. The second kappa shape index (κ2) is 7.26. The molecule has 2 heteroatoms. The van der Waals surface area contributed by atoms with Crippen molar-refractivity contribution in [3.05, 3.63) is 65.8 Å². The zero-order valence-corrected chi connectivity index (χ0v) is 13.6. The third kappa shape index (κ3) is 4.20. The summed E-state index contributed by atoms with van der Waals surface area (Å²) in [6.45, 7) is 6.62. The largest absolute Gasteiger partial charge is 0.463 e. The molecule has 0 amide bonds. The van der Waals surface area contributed by atoms with E-state index in [9.17, 15) is 4.79 Å². The number of ether oxygens (including phenoxy) is 1. The molecule has 1 atom stereocenters. The zero-order valence-electron chi connectivity index (χ0n) is 13.6. The first-order valence-electron chi connectivity index (χ1n) is 7.81. The van der Waals surface area contributed by atoms with Gasteiger partial charge in [0.25, 0.3) is 0 Å². The van der Waals surface area contributed by atoms with Gasteiger partial charge in [0.1, 0.15) is 0 Å². The van der Waals surface area contributed by atoms with Crippen LogP contribution >= 0.6 is 0 Å². The van der Waals surface area contributed by atoms with E-state index in [1.54, 1.807) is 0 Å². The highest BCUT2D eigenvalue weighted by Gasteiger charge is 2.27. The summed E-state index contributed by atoms with van der Waals surface area (Å²) in [4.78, 5) is 12.0. The summed E-state index contributed by atoms with van der Waals surface area (Å²) in [6.07, 6.45) is 11.2. The van der Waals surface area contributed by atoms with Gasteiger partial charge in [0.15, 0.2) is 0 Å². The minimum Gasteiger partial charge on any atom is -0.463 e. The molecule has 2 rings (SSSR count). The molecule has 0 heterocycles. The van der Waals surface area contributed by atoms with Gasteiger partial charge in [-0.05, 0) is 24.3 Å². The summed E-state index contributed by atoms with van der Waals surface area (Å²) < 4.78 is 5.15. The Hall–Kier alpha value is -2.09. The zero-order chi connectivity index (χ0) is 16.0. The fourth-order valence-electron chi connectivity index (χ4n) is 2.56. The Bertz CT molecular complexity index is 591. The second-order valence-corrected chi connectivity index (χ2v) is 6.14. The van der Waals surface area contributed by atoms with E-state index in [0.717, 1.165) is 11.1 Å². The quantitative estimate of drug-likeness (QED) is 0.590. The average Bonchev–Trinajstić information content (AvgIpc) is 2.65. The van der Waals surface area contributed by atoms with E-state index in [2.05, 4.69) is 56.4 Å². The molecule has 0 saturated carbocycles. The summed E-state index contributed by atoms with van der Waals surface area (Å²) in [5.41, 5.74) is 1.88. The highest BCUT2D eigenvalue weighted by molar-refractivity contribution is 5.89. The molecule has 0 aliphatic heterocycles. The van der Waals surface area contributed by atoms with Crippen LogP contribution in [0, 0.1) is 11.3 Å². The van der Waals surface area contributed by atoms with Crippen LogP contribution in [-0.2, 0) is 9.53 Å². The molecule has 0 N–H and O–H groups in total. The van der Waals surface area contributed by atoms with Crippen molar-refractivity contribution in [3.63, 3.8) is 0 Å². The minimum atomic E-state index is -0.206. The molecular formula is C20H24O2. The molecule has 22 heavy (non-hydrogen) atoms. The Morgan fingerprint density at radius 1 is 1.32 bits per heavy atom. The number of allylic oxidation sites excluding steroid dienone is 4. The van der Waals surface area contributed by atoms with E-state index in [4.69, 9.17) is 4.74 Å². The van der Waals surface area contributed by atoms with Crippen LogP contribution in [0.1, 0.15) is 32.8 Å². The predicted octanol–water partition coefficient (Wildman–Crippen LogP) is 4.79. The predicted molar refractivity (Wildman–Crippen MR) is 91.2 cm³/mol. The first-order valence-corrected chi connectivity index (χ1v) is 7.81. The number of carbonyl (C=O) groups excluding carboxylic acids is 1. The van der Waals surface area contributed by atoms with Gasteiger partial charge >= 0.3 is 5.97 Å². The van der Waals surface area contributed by atoms with Crippen molar-refractivity contribution < 1.29 is 9.53 Å². The first-order chi connectivity index (χ1) is 10.5. The minimum absolute atomic E-state index is 0.0282. The molecule has 1 aliphatic rings. The lowest BCUT2D eigenvalue weighted by Crippen LogP contribution is -2.18. The van der Waals surface area contributed by atoms with Crippen LogP contribution < -0.4 is 0 Å². The summed E-state index contributed by atoms with van der Waals surface area (Å²) in [7, 11) is 0. The van der Waals surface area contributed by atoms with Crippen LogP contribution in [-0.4, -0.2) is 12.6 Å². The van der Waals surface area contributed by atoms with Crippen molar-refractivity contribution in [2.45, 2.75) is 27.2 Å². The van der Waals surface area contributed by atoms with Gasteiger partial charge in [-0.3, -0.25) is 0 Å². The topological polar surface area (TPSA) is 26.3 Å². The Morgan fingerprint density at radius 2 is 2.05 bits per heavy atom. The van der Waals surface area contributed by atoms with Crippen LogP contribution in [0.5, 0.6) is 0 Å². The van der Waals surface area contributed by atoms with E-state index in [1.807, 2.05) is 25.1 Å². The van der Waals surface area contributed by atoms with Gasteiger partial charge in [-0.25, -0.2) is 4.79 Å². The fraction of sp³-hybridized carbons (Fsp3) is 0.350. The van der Waals surface area contributed by atoms with Crippen molar-refractivity contribution in [2.24, 2.45) is 11.3 Å². The molecule has 0 saturated heterocycles. The van der Waals surface area contributed by atoms with Gasteiger partial charge in [-0.2, -0.15) is 0 Å².